The third-order valence-corrected chi connectivity index (χ3v) is 1.07. The number of hydrogen-bond donors (Lipinski definition) is 2. The van der Waals surface area contributed by atoms with Crippen molar-refractivity contribution in [3.8, 4) is 0 Å². The summed E-state index contributed by atoms with van der Waals surface area (Å²) in [6.07, 6.45) is -4.67. The second kappa shape index (κ2) is 3.75. The van der Waals surface area contributed by atoms with Crippen LogP contribution in [0, 0.1) is 0 Å². The lowest BCUT2D eigenvalue weighted by Crippen LogP contribution is -2.51. The molecule has 0 saturated heterocycles. The van der Waals surface area contributed by atoms with Crippen molar-refractivity contribution in [2.45, 2.75) is 32.1 Å². The van der Waals surface area contributed by atoms with E-state index in [0.717, 1.165) is 0 Å². The molecule has 1 amide bonds. The number of nitrogens with two attached hydrogens (primary N) is 1. The number of carbonyl (C=O) groups excluding carboxylic acids is 1. The Morgan fingerprint density at radius 1 is 1.42 bits per heavy atom. The summed E-state index contributed by atoms with van der Waals surface area (Å²) in [5.74, 6) is -1.20. The van der Waals surface area contributed by atoms with Crippen LogP contribution < -0.4 is 11.1 Å². The van der Waals surface area contributed by atoms with Crippen LogP contribution in [-0.4, -0.2) is 24.2 Å². The van der Waals surface area contributed by atoms with Gasteiger partial charge in [-0.05, 0) is 13.8 Å². The number of hydrogen-bond acceptors (Lipinski definition) is 2. The summed E-state index contributed by atoms with van der Waals surface area (Å²) in [4.78, 5) is 10.6. The van der Waals surface area contributed by atoms with Crippen molar-refractivity contribution in [2.75, 3.05) is 0 Å². The summed E-state index contributed by atoms with van der Waals surface area (Å²) >= 11 is 0. The largest absolute Gasteiger partial charge is 0.412 e. The first-order chi connectivity index (χ1) is 5.25. The van der Waals surface area contributed by atoms with Gasteiger partial charge in [-0.1, -0.05) is 0 Å². The fraction of sp³-hybridized carbons (Fsp3) is 0.833. The van der Waals surface area contributed by atoms with Gasteiger partial charge in [0.05, 0.1) is 0 Å². The van der Waals surface area contributed by atoms with E-state index in [9.17, 15) is 18.0 Å². The average Bonchev–Trinajstić information content (AvgIpc) is 1.82. The van der Waals surface area contributed by atoms with Gasteiger partial charge in [0.25, 0.3) is 0 Å². The molecule has 0 spiro atoms. The molecule has 12 heavy (non-hydrogen) atoms. The zero-order valence-electron chi connectivity index (χ0n) is 6.77. The van der Waals surface area contributed by atoms with E-state index < -0.39 is 18.1 Å². The SMILES string of the molecule is CC(C)NC(=O)C(N)C(F)(F)F. The highest BCUT2D eigenvalue weighted by atomic mass is 19.4. The van der Waals surface area contributed by atoms with Crippen LogP contribution in [0.2, 0.25) is 0 Å². The molecular formula is C6H11F3N2O. The van der Waals surface area contributed by atoms with Crippen LogP contribution in [0.4, 0.5) is 13.2 Å². The summed E-state index contributed by atoms with van der Waals surface area (Å²) in [5.41, 5.74) is 4.61. The summed E-state index contributed by atoms with van der Waals surface area (Å²) < 4.78 is 35.3. The Morgan fingerprint density at radius 3 is 2.08 bits per heavy atom. The van der Waals surface area contributed by atoms with E-state index in [1.165, 1.54) is 0 Å². The minimum atomic E-state index is -4.67. The predicted octanol–water partition coefficient (Wildman–Crippen LogP) is 0.401. The Kier molecular flexibility index (Phi) is 3.51. The van der Waals surface area contributed by atoms with Gasteiger partial charge in [0.2, 0.25) is 5.91 Å². The number of halogens is 3. The molecule has 6 heteroatoms. The second-order valence-corrected chi connectivity index (χ2v) is 2.68. The highest BCUT2D eigenvalue weighted by molar-refractivity contribution is 5.82. The molecule has 0 aliphatic carbocycles. The number of nitrogens with one attached hydrogen (secondary N) is 1. The van der Waals surface area contributed by atoms with E-state index in [-0.39, 0.29) is 6.04 Å². The molecule has 0 aliphatic heterocycles. The predicted molar refractivity (Wildman–Crippen MR) is 37.3 cm³/mol. The van der Waals surface area contributed by atoms with E-state index in [1.54, 1.807) is 13.8 Å². The molecule has 0 aromatic heterocycles. The molecule has 0 heterocycles. The normalized spacial score (nSPS) is 14.6. The zero-order valence-corrected chi connectivity index (χ0v) is 6.77. The lowest BCUT2D eigenvalue weighted by atomic mass is 10.2. The third kappa shape index (κ3) is 3.56. The molecule has 0 aliphatic rings. The molecule has 0 rings (SSSR count). The maximum Gasteiger partial charge on any atom is 0.412 e. The molecule has 0 bridgehead atoms. The quantitative estimate of drug-likeness (QED) is 0.652. The monoisotopic (exact) mass is 184 g/mol. The molecule has 0 fully saturated rings. The van der Waals surface area contributed by atoms with Crippen LogP contribution in [-0.2, 0) is 4.79 Å². The van der Waals surface area contributed by atoms with Crippen molar-refractivity contribution < 1.29 is 18.0 Å². The van der Waals surface area contributed by atoms with E-state index in [4.69, 9.17) is 0 Å². The lowest BCUT2D eigenvalue weighted by Gasteiger charge is -2.16. The molecule has 3 N–H and O–H groups in total. The van der Waals surface area contributed by atoms with E-state index in [2.05, 4.69) is 11.1 Å². The molecule has 0 saturated carbocycles. The van der Waals surface area contributed by atoms with Gasteiger partial charge in [0.15, 0.2) is 6.04 Å². The zero-order chi connectivity index (χ0) is 9.94. The van der Waals surface area contributed by atoms with Crippen LogP contribution in [0.1, 0.15) is 13.8 Å². The first-order valence-corrected chi connectivity index (χ1v) is 3.38. The molecule has 0 aromatic rings. The first-order valence-electron chi connectivity index (χ1n) is 3.38. The Balaban J connectivity index is 4.12. The average molecular weight is 184 g/mol. The highest BCUT2D eigenvalue weighted by Gasteiger charge is 2.41. The number of rotatable bonds is 2. The fourth-order valence-electron chi connectivity index (χ4n) is 0.523. The summed E-state index contributed by atoms with van der Waals surface area (Å²) in [5, 5.41) is 2.07. The van der Waals surface area contributed by atoms with E-state index in [1.807, 2.05) is 0 Å². The van der Waals surface area contributed by atoms with E-state index in [0.29, 0.717) is 0 Å². The molecule has 0 aromatic carbocycles. The van der Waals surface area contributed by atoms with Gasteiger partial charge < -0.3 is 11.1 Å². The smallest absolute Gasteiger partial charge is 0.352 e. The Morgan fingerprint density at radius 2 is 1.83 bits per heavy atom. The standard InChI is InChI=1S/C6H11F3N2O/c1-3(2)11-5(12)4(10)6(7,8)9/h3-4H,10H2,1-2H3,(H,11,12). The Hall–Kier alpha value is -0.780. The number of carbonyl (C=O) groups is 1. The van der Waals surface area contributed by atoms with Crippen LogP contribution >= 0.6 is 0 Å². The summed E-state index contributed by atoms with van der Waals surface area (Å²) in [7, 11) is 0. The highest BCUT2D eigenvalue weighted by Crippen LogP contribution is 2.18. The molecule has 0 radical (unpaired) electrons. The molecule has 3 nitrogen and oxygen atoms in total. The topological polar surface area (TPSA) is 55.1 Å². The minimum Gasteiger partial charge on any atom is -0.352 e. The number of amides is 1. The van der Waals surface area contributed by atoms with Crippen molar-refractivity contribution in [3.63, 3.8) is 0 Å². The third-order valence-electron chi connectivity index (χ3n) is 1.07. The van der Waals surface area contributed by atoms with Gasteiger partial charge in [0, 0.05) is 6.04 Å². The van der Waals surface area contributed by atoms with Crippen molar-refractivity contribution in [2.24, 2.45) is 5.73 Å². The number of alkyl halides is 3. The van der Waals surface area contributed by atoms with E-state index >= 15 is 0 Å². The van der Waals surface area contributed by atoms with Crippen LogP contribution in [0.5, 0.6) is 0 Å². The van der Waals surface area contributed by atoms with Gasteiger partial charge in [-0.2, -0.15) is 13.2 Å². The van der Waals surface area contributed by atoms with Gasteiger partial charge >= 0.3 is 6.18 Å². The first kappa shape index (κ1) is 11.2. The minimum absolute atomic E-state index is 0.342. The Labute approximate surface area is 68.1 Å². The van der Waals surface area contributed by atoms with Crippen molar-refractivity contribution in [1.29, 1.82) is 0 Å². The second-order valence-electron chi connectivity index (χ2n) is 2.68. The molecule has 1 unspecified atom stereocenters. The van der Waals surface area contributed by atoms with Crippen molar-refractivity contribution >= 4 is 5.91 Å². The fourth-order valence-corrected chi connectivity index (χ4v) is 0.523. The van der Waals surface area contributed by atoms with Gasteiger partial charge in [0.1, 0.15) is 0 Å². The van der Waals surface area contributed by atoms with Crippen molar-refractivity contribution in [1.82, 2.24) is 5.32 Å². The lowest BCUT2D eigenvalue weighted by molar-refractivity contribution is -0.163. The maximum atomic E-state index is 11.8. The van der Waals surface area contributed by atoms with Crippen LogP contribution in [0.3, 0.4) is 0 Å². The van der Waals surface area contributed by atoms with Gasteiger partial charge in [-0.25, -0.2) is 0 Å². The van der Waals surface area contributed by atoms with Crippen LogP contribution in [0.25, 0.3) is 0 Å². The van der Waals surface area contributed by atoms with Crippen molar-refractivity contribution in [3.05, 3.63) is 0 Å². The molecule has 1 atom stereocenters. The molecular weight excluding hydrogens is 173 g/mol. The summed E-state index contributed by atoms with van der Waals surface area (Å²) in [6.45, 7) is 3.11. The molecule has 72 valence electrons. The van der Waals surface area contributed by atoms with Gasteiger partial charge in [-0.3, -0.25) is 4.79 Å². The van der Waals surface area contributed by atoms with Gasteiger partial charge in [-0.15, -0.1) is 0 Å². The maximum absolute atomic E-state index is 11.8. The summed E-state index contributed by atoms with van der Waals surface area (Å²) in [6, 6.07) is -2.77. The van der Waals surface area contributed by atoms with Crippen LogP contribution in [0.15, 0.2) is 0 Å². The Bertz CT molecular complexity index is 167.